The molecule has 2 aliphatic carbocycles. The second kappa shape index (κ2) is 10.4. The number of aryl methyl sites for hydroxylation is 1. The summed E-state index contributed by atoms with van der Waals surface area (Å²) in [5.41, 5.74) is 5.77. The van der Waals surface area contributed by atoms with Crippen LogP contribution in [0.5, 0.6) is 11.6 Å². The van der Waals surface area contributed by atoms with Gasteiger partial charge in [0.15, 0.2) is 0 Å². The van der Waals surface area contributed by atoms with Gasteiger partial charge in [-0.3, -0.25) is 9.69 Å². The van der Waals surface area contributed by atoms with Crippen molar-refractivity contribution in [2.24, 2.45) is 23.7 Å². The van der Waals surface area contributed by atoms with Crippen molar-refractivity contribution >= 4 is 5.97 Å². The number of carboxylic acid groups (broad SMARTS) is 1. The topological polar surface area (TPSA) is 71.9 Å². The summed E-state index contributed by atoms with van der Waals surface area (Å²) >= 11 is 0. The van der Waals surface area contributed by atoms with E-state index < -0.39 is 11.9 Å². The summed E-state index contributed by atoms with van der Waals surface area (Å²) in [7, 11) is 1.55. The Bertz CT molecular complexity index is 1480. The summed E-state index contributed by atoms with van der Waals surface area (Å²) in [5, 5.41) is 9.75. The first-order chi connectivity index (χ1) is 19.9. The zero-order valence-electron chi connectivity index (χ0n) is 23.7. The van der Waals surface area contributed by atoms with E-state index in [1.54, 1.807) is 13.2 Å². The number of likely N-dealkylation sites (tertiary alicyclic amines) is 1. The van der Waals surface area contributed by atoms with E-state index in [0.717, 1.165) is 85.2 Å². The number of aromatic nitrogens is 1. The molecule has 0 amide bonds. The van der Waals surface area contributed by atoms with Crippen LogP contribution in [-0.2, 0) is 17.8 Å². The lowest BCUT2D eigenvalue weighted by molar-refractivity contribution is -0.142. The number of ether oxygens (including phenoxy) is 2. The Morgan fingerprint density at radius 2 is 1.93 bits per heavy atom. The maximum absolute atomic E-state index is 15.1. The van der Waals surface area contributed by atoms with E-state index >= 15 is 4.39 Å². The minimum Gasteiger partial charge on any atom is -0.485 e. The molecule has 41 heavy (non-hydrogen) atoms. The minimum absolute atomic E-state index is 0.00610. The van der Waals surface area contributed by atoms with Gasteiger partial charge in [0.25, 0.3) is 0 Å². The van der Waals surface area contributed by atoms with E-state index in [4.69, 9.17) is 9.47 Å². The van der Waals surface area contributed by atoms with E-state index in [9.17, 15) is 9.90 Å². The number of pyridine rings is 1. The first-order valence-electron chi connectivity index (χ1n) is 14.9. The number of aliphatic carboxylic acids is 1. The monoisotopic (exact) mass is 556 g/mol. The van der Waals surface area contributed by atoms with Crippen molar-refractivity contribution in [3.8, 4) is 22.8 Å². The van der Waals surface area contributed by atoms with E-state index in [2.05, 4.69) is 40.2 Å². The molecule has 5 atom stereocenters. The summed E-state index contributed by atoms with van der Waals surface area (Å²) in [5.74, 6) is 1.78. The average Bonchev–Trinajstić information content (AvgIpc) is 3.91. The van der Waals surface area contributed by atoms with Crippen LogP contribution in [0.2, 0.25) is 0 Å². The highest BCUT2D eigenvalue weighted by molar-refractivity contribution is 5.71. The number of carbonyl (C=O) groups is 1. The Hall–Kier alpha value is -3.45. The van der Waals surface area contributed by atoms with Crippen LogP contribution in [0, 0.1) is 29.5 Å². The Kier molecular flexibility index (Phi) is 6.73. The smallest absolute Gasteiger partial charge is 0.306 e. The van der Waals surface area contributed by atoms with Gasteiger partial charge in [-0.25, -0.2) is 9.37 Å². The van der Waals surface area contributed by atoms with Crippen molar-refractivity contribution in [2.75, 3.05) is 20.2 Å². The van der Waals surface area contributed by atoms with Gasteiger partial charge >= 0.3 is 5.97 Å². The van der Waals surface area contributed by atoms with Crippen molar-refractivity contribution in [3.63, 3.8) is 0 Å². The normalized spacial score (nSPS) is 24.6. The highest BCUT2D eigenvalue weighted by atomic mass is 19.1. The third-order valence-corrected chi connectivity index (χ3v) is 9.76. The van der Waals surface area contributed by atoms with Gasteiger partial charge in [-0.15, -0.1) is 0 Å². The molecule has 3 aromatic rings. The van der Waals surface area contributed by atoms with E-state index in [-0.39, 0.29) is 17.8 Å². The first kappa shape index (κ1) is 26.4. The van der Waals surface area contributed by atoms with Gasteiger partial charge in [0.2, 0.25) is 5.88 Å². The lowest BCUT2D eigenvalue weighted by Crippen LogP contribution is -2.23. The van der Waals surface area contributed by atoms with Crippen molar-refractivity contribution in [2.45, 2.75) is 57.6 Å². The molecule has 214 valence electrons. The number of halogens is 1. The number of hydrogen-bond donors (Lipinski definition) is 1. The quantitative estimate of drug-likeness (QED) is 0.319. The summed E-state index contributed by atoms with van der Waals surface area (Å²) < 4.78 is 27.0. The molecule has 2 aliphatic heterocycles. The third-order valence-electron chi connectivity index (χ3n) is 9.76. The molecule has 2 aromatic carbocycles. The molecule has 7 heteroatoms. The van der Waals surface area contributed by atoms with Crippen molar-refractivity contribution in [1.82, 2.24) is 9.88 Å². The second-order valence-electron chi connectivity index (χ2n) is 12.6. The highest BCUT2D eigenvalue weighted by Gasteiger charge is 2.45. The maximum atomic E-state index is 15.1. The molecule has 1 aromatic heterocycles. The van der Waals surface area contributed by atoms with Gasteiger partial charge in [-0.2, -0.15) is 0 Å². The van der Waals surface area contributed by atoms with Crippen LogP contribution < -0.4 is 9.47 Å². The van der Waals surface area contributed by atoms with Crippen LogP contribution in [0.1, 0.15) is 66.9 Å². The van der Waals surface area contributed by atoms with Crippen LogP contribution in [0.3, 0.4) is 0 Å². The molecule has 3 heterocycles. The van der Waals surface area contributed by atoms with Gasteiger partial charge < -0.3 is 14.6 Å². The molecule has 0 bridgehead atoms. The first-order valence-corrected chi connectivity index (χ1v) is 14.9. The molecule has 2 unspecified atom stereocenters. The number of methoxy groups -OCH3 is 1. The van der Waals surface area contributed by atoms with Crippen LogP contribution in [-0.4, -0.2) is 41.2 Å². The highest BCUT2D eigenvalue weighted by Crippen LogP contribution is 2.49. The fourth-order valence-electron chi connectivity index (χ4n) is 7.22. The second-order valence-corrected chi connectivity index (χ2v) is 12.6. The average molecular weight is 557 g/mol. The van der Waals surface area contributed by atoms with Crippen LogP contribution in [0.4, 0.5) is 4.39 Å². The number of piperidine rings is 1. The molecule has 7 rings (SSSR count). The van der Waals surface area contributed by atoms with Gasteiger partial charge in [-0.1, -0.05) is 37.3 Å². The number of hydrogen-bond acceptors (Lipinski definition) is 5. The van der Waals surface area contributed by atoms with Crippen molar-refractivity contribution in [3.05, 3.63) is 76.7 Å². The Balaban J connectivity index is 1.19. The summed E-state index contributed by atoms with van der Waals surface area (Å²) in [6, 6.07) is 14.3. The summed E-state index contributed by atoms with van der Waals surface area (Å²) in [4.78, 5) is 18.4. The van der Waals surface area contributed by atoms with E-state index in [1.165, 1.54) is 18.2 Å². The Morgan fingerprint density at radius 3 is 2.66 bits per heavy atom. The molecule has 3 fully saturated rings. The van der Waals surface area contributed by atoms with Gasteiger partial charge in [0, 0.05) is 31.3 Å². The molecular weight excluding hydrogens is 519 g/mol. The SMILES string of the molecule is COc1cc(-c2ccc([C@@H]3CCc4ccc([C@H](C5CC5)[C@H](C)C(=O)O)cc4O3)cc2CN2CC3CC3C2)c(F)cn1. The third kappa shape index (κ3) is 5.21. The molecule has 4 aliphatic rings. The molecule has 6 nitrogen and oxygen atoms in total. The van der Waals surface area contributed by atoms with Crippen molar-refractivity contribution in [1.29, 1.82) is 0 Å². The lowest BCUT2D eigenvalue weighted by Gasteiger charge is -2.29. The summed E-state index contributed by atoms with van der Waals surface area (Å²) in [6.07, 6.45) is 6.37. The molecular formula is C34H37FN2O4. The largest absolute Gasteiger partial charge is 0.485 e. The zero-order chi connectivity index (χ0) is 28.2. The molecule has 1 N–H and O–H groups in total. The summed E-state index contributed by atoms with van der Waals surface area (Å²) in [6.45, 7) is 4.79. The van der Waals surface area contributed by atoms with Crippen LogP contribution in [0.25, 0.3) is 11.1 Å². The fraction of sp³-hybridized carbons (Fsp3) is 0.471. The fourth-order valence-corrected chi connectivity index (χ4v) is 7.22. The van der Waals surface area contributed by atoms with Gasteiger partial charge in [0.05, 0.1) is 19.2 Å². The lowest BCUT2D eigenvalue weighted by atomic mass is 9.82. The molecule has 2 saturated carbocycles. The van der Waals surface area contributed by atoms with Crippen LogP contribution in [0.15, 0.2) is 48.7 Å². The number of benzene rings is 2. The number of rotatable bonds is 9. The zero-order valence-corrected chi connectivity index (χ0v) is 23.7. The number of carboxylic acids is 1. The predicted octanol–water partition coefficient (Wildman–Crippen LogP) is 6.63. The van der Waals surface area contributed by atoms with Crippen LogP contribution >= 0.6 is 0 Å². The minimum atomic E-state index is -0.746. The Morgan fingerprint density at radius 1 is 1.12 bits per heavy atom. The predicted molar refractivity (Wildman–Crippen MR) is 153 cm³/mol. The van der Waals surface area contributed by atoms with E-state index in [1.807, 2.05) is 13.0 Å². The molecule has 1 saturated heterocycles. The number of fused-ring (bicyclic) bond motifs is 2. The van der Waals surface area contributed by atoms with E-state index in [0.29, 0.717) is 17.4 Å². The van der Waals surface area contributed by atoms with Gasteiger partial charge in [0.1, 0.15) is 17.7 Å². The molecule has 0 radical (unpaired) electrons. The maximum Gasteiger partial charge on any atom is 0.306 e. The molecule has 0 spiro atoms. The van der Waals surface area contributed by atoms with Crippen molar-refractivity contribution < 1.29 is 23.8 Å². The standard InChI is InChI=1S/C34H37FN2O4/c1-19(34(38)39)33(21-4-5-21)23-6-3-20-8-10-30(41-31(20)13-23)22-7-9-27(28-14-32(40-2)36-15-29(28)35)26(11-22)18-37-16-24-12-25(24)17-37/h3,6-7,9,11,13-15,19,21,24-25,30,33H,4-5,8,10,12,16-18H2,1-2H3,(H,38,39)/t19-,24?,25?,30-,33-/m0/s1. The van der Waals surface area contributed by atoms with Gasteiger partial charge in [-0.05, 0) is 89.7 Å². The Labute approximate surface area is 240 Å². The number of nitrogens with zero attached hydrogens (tertiary/aromatic N) is 2.